The van der Waals surface area contributed by atoms with E-state index in [2.05, 4.69) is 0 Å². The van der Waals surface area contributed by atoms with Crippen LogP contribution >= 0.6 is 0 Å². The summed E-state index contributed by atoms with van der Waals surface area (Å²) in [5.41, 5.74) is -0.837. The monoisotopic (exact) mass is 306 g/mol. The zero-order valence-electron chi connectivity index (χ0n) is 13.4. The highest BCUT2D eigenvalue weighted by molar-refractivity contribution is 6.55. The standard InChI is InChI=1S/C14H30O5Si/c1-5-15-13(16-6-2)14(17-7-3,18-8-4)20-12-10-9-11-19-20/h13,20H,5-12H2,1-4H3. The van der Waals surface area contributed by atoms with Crippen molar-refractivity contribution in [2.24, 2.45) is 0 Å². The van der Waals surface area contributed by atoms with Gasteiger partial charge in [-0.25, -0.2) is 0 Å². The Morgan fingerprint density at radius 1 is 0.950 bits per heavy atom. The van der Waals surface area contributed by atoms with Crippen LogP contribution in [0.1, 0.15) is 40.5 Å². The van der Waals surface area contributed by atoms with Crippen molar-refractivity contribution in [1.29, 1.82) is 0 Å². The van der Waals surface area contributed by atoms with Crippen LogP contribution in [0.15, 0.2) is 0 Å². The predicted molar refractivity (Wildman–Crippen MR) is 80.2 cm³/mol. The molecular weight excluding hydrogens is 276 g/mol. The van der Waals surface area contributed by atoms with Crippen LogP contribution in [0.3, 0.4) is 0 Å². The molecule has 1 fully saturated rings. The molecule has 20 heavy (non-hydrogen) atoms. The van der Waals surface area contributed by atoms with Crippen LogP contribution in [0.2, 0.25) is 6.04 Å². The fourth-order valence-corrected chi connectivity index (χ4v) is 5.72. The summed E-state index contributed by atoms with van der Waals surface area (Å²) in [4.78, 5) is 0. The van der Waals surface area contributed by atoms with Crippen molar-refractivity contribution in [3.05, 3.63) is 0 Å². The van der Waals surface area contributed by atoms with Gasteiger partial charge in [0.1, 0.15) is 0 Å². The molecular formula is C14H30O5Si. The summed E-state index contributed by atoms with van der Waals surface area (Å²) in [5.74, 6) is 0. The van der Waals surface area contributed by atoms with Crippen LogP contribution in [0, 0.1) is 0 Å². The molecule has 0 amide bonds. The lowest BCUT2D eigenvalue weighted by molar-refractivity contribution is -0.316. The summed E-state index contributed by atoms with van der Waals surface area (Å²) >= 11 is 0. The summed E-state index contributed by atoms with van der Waals surface area (Å²) in [6.07, 6.45) is 1.78. The number of rotatable bonds is 10. The molecule has 0 aromatic heterocycles. The van der Waals surface area contributed by atoms with Gasteiger partial charge >= 0.3 is 0 Å². The molecule has 0 bridgehead atoms. The fraction of sp³-hybridized carbons (Fsp3) is 1.00. The van der Waals surface area contributed by atoms with Crippen LogP contribution in [-0.4, -0.2) is 53.8 Å². The highest BCUT2D eigenvalue weighted by Gasteiger charge is 2.52. The van der Waals surface area contributed by atoms with Gasteiger partial charge in [-0.1, -0.05) is 6.42 Å². The molecule has 0 radical (unpaired) electrons. The lowest BCUT2D eigenvalue weighted by atomic mass is 10.4. The van der Waals surface area contributed by atoms with Gasteiger partial charge in [0.05, 0.1) is 0 Å². The van der Waals surface area contributed by atoms with E-state index in [-0.39, 0.29) is 0 Å². The SMILES string of the molecule is CCOC(OCC)C(OCC)(OCC)[SiH]1CCCCO1. The minimum absolute atomic E-state index is 0.507. The van der Waals surface area contributed by atoms with Gasteiger partial charge in [-0.2, -0.15) is 0 Å². The highest BCUT2D eigenvalue weighted by Crippen LogP contribution is 2.31. The zero-order chi connectivity index (χ0) is 14.8. The molecule has 1 rings (SSSR count). The summed E-state index contributed by atoms with van der Waals surface area (Å²) in [6.45, 7) is 10.9. The van der Waals surface area contributed by atoms with E-state index in [1.54, 1.807) is 0 Å². The second kappa shape index (κ2) is 9.86. The molecule has 1 heterocycles. The number of hydrogen-bond acceptors (Lipinski definition) is 5. The Hall–Kier alpha value is 0.0169. The molecule has 0 saturated carbocycles. The van der Waals surface area contributed by atoms with Crippen LogP contribution in [0.4, 0.5) is 0 Å². The van der Waals surface area contributed by atoms with E-state index in [4.69, 9.17) is 23.4 Å². The van der Waals surface area contributed by atoms with Crippen LogP contribution < -0.4 is 0 Å². The first-order chi connectivity index (χ1) is 9.75. The maximum atomic E-state index is 6.05. The molecule has 0 aliphatic carbocycles. The Labute approximate surface area is 124 Å². The van der Waals surface area contributed by atoms with Crippen LogP contribution in [0.25, 0.3) is 0 Å². The topological polar surface area (TPSA) is 46.2 Å². The van der Waals surface area contributed by atoms with Crippen molar-refractivity contribution in [2.45, 2.75) is 58.3 Å². The van der Waals surface area contributed by atoms with Gasteiger partial charge < -0.3 is 23.4 Å². The van der Waals surface area contributed by atoms with E-state index < -0.39 is 20.7 Å². The van der Waals surface area contributed by atoms with E-state index >= 15 is 0 Å². The maximum Gasteiger partial charge on any atom is 0.249 e. The molecule has 6 heteroatoms. The van der Waals surface area contributed by atoms with Gasteiger partial charge in [0.25, 0.3) is 0 Å². The van der Waals surface area contributed by atoms with E-state index in [0.29, 0.717) is 26.4 Å². The zero-order valence-corrected chi connectivity index (χ0v) is 14.5. The fourth-order valence-electron chi connectivity index (χ4n) is 2.61. The molecule has 1 unspecified atom stereocenters. The van der Waals surface area contributed by atoms with E-state index in [9.17, 15) is 0 Å². The van der Waals surface area contributed by atoms with E-state index in [1.807, 2.05) is 27.7 Å². The summed E-state index contributed by atoms with van der Waals surface area (Å²) < 4.78 is 29.7. The third-order valence-electron chi connectivity index (χ3n) is 3.33. The summed E-state index contributed by atoms with van der Waals surface area (Å²) in [6, 6.07) is 1.04. The normalized spacial score (nSPS) is 20.6. The smallest absolute Gasteiger partial charge is 0.249 e. The van der Waals surface area contributed by atoms with E-state index in [1.165, 1.54) is 6.42 Å². The second-order valence-corrected chi connectivity index (χ2v) is 7.38. The van der Waals surface area contributed by atoms with Crippen molar-refractivity contribution in [1.82, 2.24) is 0 Å². The average molecular weight is 306 g/mol. The molecule has 0 aromatic carbocycles. The second-order valence-electron chi connectivity index (χ2n) is 4.69. The molecule has 5 nitrogen and oxygen atoms in total. The molecule has 0 aromatic rings. The van der Waals surface area contributed by atoms with Gasteiger partial charge in [0, 0.05) is 33.0 Å². The Morgan fingerprint density at radius 2 is 1.55 bits per heavy atom. The van der Waals surface area contributed by atoms with Crippen molar-refractivity contribution in [3.8, 4) is 0 Å². The largest absolute Gasteiger partial charge is 0.414 e. The number of hydrogen-bond donors (Lipinski definition) is 0. The first kappa shape index (κ1) is 18.1. The Morgan fingerprint density at radius 3 is 1.95 bits per heavy atom. The Bertz CT molecular complexity index is 234. The predicted octanol–water partition coefficient (Wildman–Crippen LogP) is 2.23. The van der Waals surface area contributed by atoms with Crippen molar-refractivity contribution in [3.63, 3.8) is 0 Å². The first-order valence-corrected chi connectivity index (χ1v) is 9.74. The molecule has 1 aliphatic rings. The van der Waals surface area contributed by atoms with Crippen molar-refractivity contribution in [2.75, 3.05) is 33.0 Å². The van der Waals surface area contributed by atoms with Crippen molar-refractivity contribution >= 4 is 9.04 Å². The Kier molecular flexibility index (Phi) is 8.91. The van der Waals surface area contributed by atoms with Gasteiger partial charge in [0.15, 0.2) is 0 Å². The van der Waals surface area contributed by atoms with Crippen LogP contribution in [-0.2, 0) is 23.4 Å². The quantitative estimate of drug-likeness (QED) is 0.457. The van der Waals surface area contributed by atoms with Crippen molar-refractivity contribution < 1.29 is 23.4 Å². The van der Waals surface area contributed by atoms with Gasteiger partial charge in [-0.3, -0.25) is 0 Å². The molecule has 0 spiro atoms. The molecule has 120 valence electrons. The van der Waals surface area contributed by atoms with Gasteiger partial charge in [-0.15, -0.1) is 0 Å². The third-order valence-corrected chi connectivity index (χ3v) is 6.41. The maximum absolute atomic E-state index is 6.05. The van der Waals surface area contributed by atoms with E-state index in [0.717, 1.165) is 19.1 Å². The highest BCUT2D eigenvalue weighted by atomic mass is 28.3. The molecule has 1 saturated heterocycles. The molecule has 0 N–H and O–H groups in total. The third kappa shape index (κ3) is 4.51. The summed E-state index contributed by atoms with van der Waals surface area (Å²) in [7, 11) is -1.73. The minimum Gasteiger partial charge on any atom is -0.414 e. The number of ether oxygens (including phenoxy) is 4. The first-order valence-electron chi connectivity index (χ1n) is 7.87. The van der Waals surface area contributed by atoms with Crippen LogP contribution in [0.5, 0.6) is 0 Å². The summed E-state index contributed by atoms with van der Waals surface area (Å²) in [5, 5.41) is 0. The Balaban J connectivity index is 2.98. The molecule has 1 atom stereocenters. The lowest BCUT2D eigenvalue weighted by Crippen LogP contribution is -2.62. The lowest BCUT2D eigenvalue weighted by Gasteiger charge is -2.44. The average Bonchev–Trinajstić information content (AvgIpc) is 2.47. The minimum atomic E-state index is -1.73. The van der Waals surface area contributed by atoms with Gasteiger partial charge in [-0.05, 0) is 40.2 Å². The molecule has 1 aliphatic heterocycles. The van der Waals surface area contributed by atoms with Gasteiger partial charge in [0.2, 0.25) is 20.7 Å².